The first-order chi connectivity index (χ1) is 12.2. The quantitative estimate of drug-likeness (QED) is 0.860. The molecule has 2 aliphatic rings. The number of fused-ring (bicyclic) bond motifs is 1. The number of nitrogens with zero attached hydrogens (tertiary/aromatic N) is 5. The lowest BCUT2D eigenvalue weighted by atomic mass is 10.1. The van der Waals surface area contributed by atoms with Gasteiger partial charge in [0, 0.05) is 25.2 Å². The van der Waals surface area contributed by atoms with E-state index < -0.39 is 0 Å². The first kappa shape index (κ1) is 16.1. The van der Waals surface area contributed by atoms with Crippen molar-refractivity contribution in [1.82, 2.24) is 14.6 Å². The largest absolute Gasteiger partial charge is 0.357 e. The van der Waals surface area contributed by atoms with Crippen LogP contribution >= 0.6 is 0 Å². The average Bonchev–Trinajstić information content (AvgIpc) is 3.19. The molecule has 4 rings (SSSR count). The van der Waals surface area contributed by atoms with E-state index in [9.17, 15) is 0 Å². The Balaban J connectivity index is 1.49. The molecule has 4 heterocycles. The van der Waals surface area contributed by atoms with Gasteiger partial charge in [0.1, 0.15) is 11.6 Å². The molecule has 0 saturated carbocycles. The van der Waals surface area contributed by atoms with Gasteiger partial charge >= 0.3 is 0 Å². The maximum Gasteiger partial charge on any atom is 0.134 e. The molecule has 1 fully saturated rings. The van der Waals surface area contributed by atoms with Crippen LogP contribution in [0.4, 0.5) is 5.82 Å². The summed E-state index contributed by atoms with van der Waals surface area (Å²) in [7, 11) is 0. The molecule has 130 valence electrons. The Labute approximate surface area is 149 Å². The van der Waals surface area contributed by atoms with Crippen LogP contribution < -0.4 is 4.90 Å². The molecule has 0 atom stereocenters. The second-order valence-corrected chi connectivity index (χ2v) is 6.89. The van der Waals surface area contributed by atoms with Gasteiger partial charge in [-0.15, -0.1) is 0 Å². The van der Waals surface area contributed by atoms with Crippen molar-refractivity contribution in [3.8, 4) is 0 Å². The highest BCUT2D eigenvalue weighted by Gasteiger charge is 2.15. The molecule has 0 N–H and O–H groups in total. The van der Waals surface area contributed by atoms with E-state index in [0.717, 1.165) is 66.8 Å². The van der Waals surface area contributed by atoms with Gasteiger partial charge in [-0.2, -0.15) is 5.10 Å². The molecule has 1 saturated heterocycles. The number of allylic oxidation sites excluding steroid dienone is 2. The molecule has 25 heavy (non-hydrogen) atoms. The van der Waals surface area contributed by atoms with Crippen molar-refractivity contribution in [2.45, 2.75) is 46.0 Å². The van der Waals surface area contributed by atoms with Crippen molar-refractivity contribution in [2.24, 2.45) is 5.10 Å². The summed E-state index contributed by atoms with van der Waals surface area (Å²) in [5.41, 5.74) is 4.43. The van der Waals surface area contributed by atoms with Crippen LogP contribution in [0, 0.1) is 13.8 Å². The number of hydrogen-bond donors (Lipinski definition) is 0. The fraction of sp³-hybridized carbons (Fsp3) is 0.450. The van der Waals surface area contributed by atoms with E-state index in [1.165, 1.54) is 12.8 Å². The second-order valence-electron chi connectivity index (χ2n) is 6.89. The third-order valence-electron chi connectivity index (χ3n) is 5.08. The number of hydrogen-bond acceptors (Lipinski definition) is 4. The molecule has 5 heteroatoms. The summed E-state index contributed by atoms with van der Waals surface area (Å²) in [4.78, 5) is 11.8. The first-order valence-electron chi connectivity index (χ1n) is 9.21. The fourth-order valence-electron chi connectivity index (χ4n) is 3.51. The van der Waals surface area contributed by atoms with E-state index in [0.29, 0.717) is 0 Å². The molecule has 0 spiro atoms. The fourth-order valence-corrected chi connectivity index (χ4v) is 3.51. The topological polar surface area (TPSA) is 46.3 Å². The van der Waals surface area contributed by atoms with Crippen LogP contribution in [0.3, 0.4) is 0 Å². The normalized spacial score (nSPS) is 16.7. The van der Waals surface area contributed by atoms with Gasteiger partial charge in [-0.25, -0.2) is 14.6 Å². The maximum absolute atomic E-state index is 4.86. The summed E-state index contributed by atoms with van der Waals surface area (Å²) in [5, 5.41) is 4.82. The van der Waals surface area contributed by atoms with Gasteiger partial charge < -0.3 is 4.90 Å². The van der Waals surface area contributed by atoms with Gasteiger partial charge in [0.2, 0.25) is 0 Å². The molecule has 2 aromatic heterocycles. The number of anilines is 1. The highest BCUT2D eigenvalue weighted by Crippen LogP contribution is 2.19. The van der Waals surface area contributed by atoms with Crippen molar-refractivity contribution in [3.63, 3.8) is 0 Å². The number of rotatable bonds is 4. The van der Waals surface area contributed by atoms with Gasteiger partial charge in [-0.3, -0.25) is 0 Å². The summed E-state index contributed by atoms with van der Waals surface area (Å²) in [6.45, 7) is 6.39. The van der Waals surface area contributed by atoms with Crippen molar-refractivity contribution in [3.05, 3.63) is 53.3 Å². The van der Waals surface area contributed by atoms with Crippen LogP contribution in [0.2, 0.25) is 0 Å². The number of aromatic nitrogens is 3. The third-order valence-corrected chi connectivity index (χ3v) is 5.08. The zero-order valence-electron chi connectivity index (χ0n) is 15.1. The van der Waals surface area contributed by atoms with Gasteiger partial charge in [0.15, 0.2) is 0 Å². The standard InChI is InChI=1S/C20H25N5/c1-15-16(2)25-20(21-15)10-6-8-18(23-25)12-11-17-7-5-9-19(22-17)24-13-3-4-14-24/h5-9H,3-4,10-14H2,1-2H3. The van der Waals surface area contributed by atoms with E-state index >= 15 is 0 Å². The van der Waals surface area contributed by atoms with Crippen LogP contribution in [-0.4, -0.2) is 33.4 Å². The number of imidazole rings is 1. The zero-order valence-corrected chi connectivity index (χ0v) is 15.1. The lowest BCUT2D eigenvalue weighted by Crippen LogP contribution is -2.19. The Kier molecular flexibility index (Phi) is 4.38. The molecule has 0 aromatic carbocycles. The lowest BCUT2D eigenvalue weighted by molar-refractivity contribution is 0.777. The van der Waals surface area contributed by atoms with Crippen LogP contribution in [-0.2, 0) is 12.8 Å². The van der Waals surface area contributed by atoms with Crippen LogP contribution in [0.5, 0.6) is 0 Å². The van der Waals surface area contributed by atoms with E-state index in [4.69, 9.17) is 10.1 Å². The predicted octanol–water partition coefficient (Wildman–Crippen LogP) is 3.44. The van der Waals surface area contributed by atoms with E-state index in [1.807, 2.05) is 11.6 Å². The van der Waals surface area contributed by atoms with Crippen LogP contribution in [0.25, 0.3) is 0 Å². The minimum absolute atomic E-state index is 0.838. The Morgan fingerprint density at radius 1 is 1.04 bits per heavy atom. The molecule has 0 unspecified atom stereocenters. The predicted molar refractivity (Wildman–Crippen MR) is 101 cm³/mol. The van der Waals surface area contributed by atoms with Gasteiger partial charge in [0.25, 0.3) is 0 Å². The van der Waals surface area contributed by atoms with Crippen molar-refractivity contribution in [1.29, 1.82) is 0 Å². The average molecular weight is 335 g/mol. The summed E-state index contributed by atoms with van der Waals surface area (Å²) in [6.07, 6.45) is 9.49. The van der Waals surface area contributed by atoms with Gasteiger partial charge in [0.05, 0.1) is 17.1 Å². The molecule has 0 bridgehead atoms. The Hall–Kier alpha value is -2.43. The molecule has 2 aliphatic heterocycles. The molecule has 5 nitrogen and oxygen atoms in total. The SMILES string of the molecule is Cc1nc2n(c1C)N=C(CCc1cccc(N3CCCC3)n1)C=CC2. The highest BCUT2D eigenvalue weighted by atomic mass is 15.4. The molecule has 2 aromatic rings. The summed E-state index contributed by atoms with van der Waals surface area (Å²) in [5.74, 6) is 2.15. The highest BCUT2D eigenvalue weighted by molar-refractivity contribution is 5.95. The molecule has 0 radical (unpaired) electrons. The smallest absolute Gasteiger partial charge is 0.134 e. The summed E-state index contributed by atoms with van der Waals surface area (Å²) in [6, 6.07) is 6.38. The Bertz CT molecular complexity index is 825. The number of pyridine rings is 1. The monoisotopic (exact) mass is 335 g/mol. The molecular formula is C20H25N5. The number of aryl methyl sites for hydroxylation is 2. The van der Waals surface area contributed by atoms with Gasteiger partial charge in [-0.05, 0) is 57.7 Å². The zero-order chi connectivity index (χ0) is 17.2. The third kappa shape index (κ3) is 3.36. The van der Waals surface area contributed by atoms with Crippen LogP contribution in [0.1, 0.15) is 42.2 Å². The summed E-state index contributed by atoms with van der Waals surface area (Å²) >= 11 is 0. The Morgan fingerprint density at radius 3 is 2.72 bits per heavy atom. The molecule has 0 amide bonds. The molecular weight excluding hydrogens is 310 g/mol. The first-order valence-corrected chi connectivity index (χ1v) is 9.21. The van der Waals surface area contributed by atoms with E-state index in [1.54, 1.807) is 0 Å². The minimum atomic E-state index is 0.838. The Morgan fingerprint density at radius 2 is 1.88 bits per heavy atom. The maximum atomic E-state index is 4.86. The van der Waals surface area contributed by atoms with Crippen molar-refractivity contribution in [2.75, 3.05) is 18.0 Å². The minimum Gasteiger partial charge on any atom is -0.357 e. The lowest BCUT2D eigenvalue weighted by Gasteiger charge is -2.16. The van der Waals surface area contributed by atoms with Crippen molar-refractivity contribution >= 4 is 11.5 Å². The second kappa shape index (κ2) is 6.82. The van der Waals surface area contributed by atoms with Crippen molar-refractivity contribution < 1.29 is 0 Å². The van der Waals surface area contributed by atoms with E-state index in [-0.39, 0.29) is 0 Å². The van der Waals surface area contributed by atoms with Crippen LogP contribution in [0.15, 0.2) is 35.5 Å². The summed E-state index contributed by atoms with van der Waals surface area (Å²) < 4.78 is 2.00. The van der Waals surface area contributed by atoms with Gasteiger partial charge in [-0.1, -0.05) is 12.1 Å². The van der Waals surface area contributed by atoms with E-state index in [2.05, 4.69) is 47.2 Å². The molecule has 0 aliphatic carbocycles.